The molecule has 0 aromatic carbocycles. The smallest absolute Gasteiger partial charge is 0.0356 e. The lowest BCUT2D eigenvalue weighted by atomic mass is 10.1. The molecule has 0 saturated carbocycles. The van der Waals surface area contributed by atoms with Crippen molar-refractivity contribution in [3.05, 3.63) is 24.0 Å². The molecule has 80 valence electrons. The largest absolute Gasteiger partial charge is 0.350 e. The predicted octanol–water partition coefficient (Wildman–Crippen LogP) is 2.64. The van der Waals surface area contributed by atoms with Crippen molar-refractivity contribution in [3.63, 3.8) is 0 Å². The van der Waals surface area contributed by atoms with Crippen molar-refractivity contribution in [3.8, 4) is 0 Å². The number of aromatic nitrogens is 1. The Labute approximate surface area is 87.3 Å². The van der Waals surface area contributed by atoms with Gasteiger partial charge in [0.1, 0.15) is 0 Å². The molecule has 0 fully saturated rings. The second kappa shape index (κ2) is 5.86. The Morgan fingerprint density at radius 3 is 2.86 bits per heavy atom. The van der Waals surface area contributed by atoms with Crippen LogP contribution < -0.4 is 5.32 Å². The summed E-state index contributed by atoms with van der Waals surface area (Å²) in [5.74, 6) is 0.818. The van der Waals surface area contributed by atoms with E-state index in [1.54, 1.807) is 0 Å². The van der Waals surface area contributed by atoms with E-state index in [4.69, 9.17) is 0 Å². The summed E-state index contributed by atoms with van der Waals surface area (Å²) in [5, 5.41) is 3.19. The van der Waals surface area contributed by atoms with Gasteiger partial charge in [-0.05, 0) is 37.9 Å². The highest BCUT2D eigenvalue weighted by Gasteiger charge is 2.00. The van der Waals surface area contributed by atoms with E-state index in [9.17, 15) is 0 Å². The molecule has 0 spiro atoms. The van der Waals surface area contributed by atoms with Crippen molar-refractivity contribution in [1.29, 1.82) is 0 Å². The van der Waals surface area contributed by atoms with E-state index < -0.39 is 0 Å². The van der Waals surface area contributed by atoms with Crippen molar-refractivity contribution in [2.24, 2.45) is 5.92 Å². The van der Waals surface area contributed by atoms with Gasteiger partial charge in [0, 0.05) is 25.0 Å². The quantitative estimate of drug-likeness (QED) is 0.736. The molecular weight excluding hydrogens is 172 g/mol. The third kappa shape index (κ3) is 3.54. The van der Waals surface area contributed by atoms with Crippen molar-refractivity contribution < 1.29 is 0 Å². The van der Waals surface area contributed by atoms with Crippen LogP contribution in [-0.4, -0.2) is 11.6 Å². The highest BCUT2D eigenvalue weighted by molar-refractivity contribution is 5.06. The zero-order valence-electron chi connectivity index (χ0n) is 9.59. The van der Waals surface area contributed by atoms with E-state index in [0.717, 1.165) is 19.0 Å². The summed E-state index contributed by atoms with van der Waals surface area (Å²) in [6, 6.07) is 4.31. The third-order valence-electron chi connectivity index (χ3n) is 2.46. The molecule has 14 heavy (non-hydrogen) atoms. The van der Waals surface area contributed by atoms with Crippen molar-refractivity contribution >= 4 is 0 Å². The molecule has 2 heteroatoms. The molecule has 1 aromatic heterocycles. The van der Waals surface area contributed by atoms with Crippen LogP contribution in [-0.2, 0) is 13.1 Å². The summed E-state index contributed by atoms with van der Waals surface area (Å²) < 4.78 is 2.35. The van der Waals surface area contributed by atoms with Crippen LogP contribution in [0.3, 0.4) is 0 Å². The zero-order valence-corrected chi connectivity index (χ0v) is 9.59. The monoisotopic (exact) mass is 194 g/mol. The first-order chi connectivity index (χ1) is 6.74. The molecule has 0 atom stereocenters. The maximum atomic E-state index is 3.19. The molecule has 1 aromatic rings. The molecule has 0 radical (unpaired) electrons. The molecule has 0 aliphatic rings. The average molecular weight is 194 g/mol. The Bertz CT molecular complexity index is 251. The van der Waals surface area contributed by atoms with Gasteiger partial charge in [0.15, 0.2) is 0 Å². The van der Waals surface area contributed by atoms with E-state index >= 15 is 0 Å². The van der Waals surface area contributed by atoms with Gasteiger partial charge in [0.25, 0.3) is 0 Å². The van der Waals surface area contributed by atoms with Gasteiger partial charge in [-0.2, -0.15) is 0 Å². The van der Waals surface area contributed by atoms with Gasteiger partial charge >= 0.3 is 0 Å². The lowest BCUT2D eigenvalue weighted by Crippen LogP contribution is -2.11. The van der Waals surface area contributed by atoms with E-state index in [1.807, 2.05) is 7.05 Å². The maximum absolute atomic E-state index is 3.19. The van der Waals surface area contributed by atoms with Crippen LogP contribution in [0.2, 0.25) is 0 Å². The molecule has 0 saturated heterocycles. The van der Waals surface area contributed by atoms with Gasteiger partial charge in [-0.1, -0.05) is 13.8 Å². The maximum Gasteiger partial charge on any atom is 0.0356 e. The molecule has 0 aliphatic heterocycles. The highest BCUT2D eigenvalue weighted by atomic mass is 15.0. The minimum Gasteiger partial charge on any atom is -0.350 e. The first-order valence-electron chi connectivity index (χ1n) is 5.52. The lowest BCUT2D eigenvalue weighted by Gasteiger charge is -2.09. The minimum absolute atomic E-state index is 0.818. The van der Waals surface area contributed by atoms with E-state index in [2.05, 4.69) is 42.1 Å². The van der Waals surface area contributed by atoms with Gasteiger partial charge < -0.3 is 9.88 Å². The SMILES string of the molecule is CNCc1cccn1CCCC(C)C. The molecule has 1 heterocycles. The molecule has 2 nitrogen and oxygen atoms in total. The Hall–Kier alpha value is -0.760. The number of hydrogen-bond donors (Lipinski definition) is 1. The number of hydrogen-bond acceptors (Lipinski definition) is 1. The van der Waals surface area contributed by atoms with Crippen LogP contribution in [0, 0.1) is 5.92 Å². The first-order valence-corrected chi connectivity index (χ1v) is 5.52. The van der Waals surface area contributed by atoms with Crippen LogP contribution in [0.15, 0.2) is 18.3 Å². The molecule has 0 bridgehead atoms. The minimum atomic E-state index is 0.818. The molecule has 0 amide bonds. The van der Waals surface area contributed by atoms with Crippen LogP contribution in [0.5, 0.6) is 0 Å². The summed E-state index contributed by atoms with van der Waals surface area (Å²) in [6.45, 7) is 6.69. The predicted molar refractivity (Wildman–Crippen MR) is 61.3 cm³/mol. The molecular formula is C12H22N2. The van der Waals surface area contributed by atoms with E-state index in [0.29, 0.717) is 0 Å². The average Bonchev–Trinajstić information content (AvgIpc) is 2.53. The summed E-state index contributed by atoms with van der Waals surface area (Å²) in [5.41, 5.74) is 1.39. The highest BCUT2D eigenvalue weighted by Crippen LogP contribution is 2.08. The van der Waals surface area contributed by atoms with E-state index in [1.165, 1.54) is 18.5 Å². The summed E-state index contributed by atoms with van der Waals surface area (Å²) in [4.78, 5) is 0. The molecule has 1 rings (SSSR count). The molecule has 1 N–H and O–H groups in total. The normalized spacial score (nSPS) is 11.1. The fourth-order valence-electron chi connectivity index (χ4n) is 1.68. The van der Waals surface area contributed by atoms with Gasteiger partial charge in [0.05, 0.1) is 0 Å². The van der Waals surface area contributed by atoms with Crippen molar-refractivity contribution in [2.75, 3.05) is 7.05 Å². The number of aryl methyl sites for hydroxylation is 1. The Morgan fingerprint density at radius 1 is 1.43 bits per heavy atom. The fraction of sp³-hybridized carbons (Fsp3) is 0.667. The van der Waals surface area contributed by atoms with Crippen LogP contribution in [0.4, 0.5) is 0 Å². The van der Waals surface area contributed by atoms with Crippen molar-refractivity contribution in [1.82, 2.24) is 9.88 Å². The van der Waals surface area contributed by atoms with Crippen LogP contribution in [0.25, 0.3) is 0 Å². The molecule has 0 aliphatic carbocycles. The van der Waals surface area contributed by atoms with Gasteiger partial charge in [-0.3, -0.25) is 0 Å². The second-order valence-electron chi connectivity index (χ2n) is 4.26. The standard InChI is InChI=1S/C12H22N2/c1-11(2)6-4-8-14-9-5-7-12(14)10-13-3/h5,7,9,11,13H,4,6,8,10H2,1-3H3. The fourth-order valence-corrected chi connectivity index (χ4v) is 1.68. The Kier molecular flexibility index (Phi) is 4.74. The Morgan fingerprint density at radius 2 is 2.21 bits per heavy atom. The van der Waals surface area contributed by atoms with Crippen LogP contribution >= 0.6 is 0 Å². The topological polar surface area (TPSA) is 17.0 Å². The number of rotatable bonds is 6. The van der Waals surface area contributed by atoms with Crippen molar-refractivity contribution in [2.45, 2.75) is 39.8 Å². The summed E-state index contributed by atoms with van der Waals surface area (Å²) in [7, 11) is 1.99. The molecule has 0 unspecified atom stereocenters. The number of nitrogens with zero attached hydrogens (tertiary/aromatic N) is 1. The van der Waals surface area contributed by atoms with Gasteiger partial charge in [0.2, 0.25) is 0 Å². The Balaban J connectivity index is 2.37. The number of nitrogens with one attached hydrogen (secondary N) is 1. The first kappa shape index (κ1) is 11.3. The summed E-state index contributed by atoms with van der Waals surface area (Å²) >= 11 is 0. The lowest BCUT2D eigenvalue weighted by molar-refractivity contribution is 0.503. The van der Waals surface area contributed by atoms with Gasteiger partial charge in [-0.15, -0.1) is 0 Å². The van der Waals surface area contributed by atoms with E-state index in [-0.39, 0.29) is 0 Å². The summed E-state index contributed by atoms with van der Waals surface area (Å²) in [6.07, 6.45) is 4.77. The third-order valence-corrected chi connectivity index (χ3v) is 2.46. The second-order valence-corrected chi connectivity index (χ2v) is 4.26. The van der Waals surface area contributed by atoms with Gasteiger partial charge in [-0.25, -0.2) is 0 Å². The zero-order chi connectivity index (χ0) is 10.4. The van der Waals surface area contributed by atoms with Crippen LogP contribution in [0.1, 0.15) is 32.4 Å².